The van der Waals surface area contributed by atoms with Crippen molar-refractivity contribution in [2.24, 2.45) is 0 Å². The summed E-state index contributed by atoms with van der Waals surface area (Å²) in [5.74, 6) is -0.333. The molecule has 5 aromatic rings. The van der Waals surface area contributed by atoms with Gasteiger partial charge in [-0.15, -0.1) is 11.3 Å². The molecule has 0 amide bonds. The van der Waals surface area contributed by atoms with Crippen LogP contribution in [0.4, 0.5) is 5.69 Å². The Balaban J connectivity index is 1.60. The van der Waals surface area contributed by atoms with E-state index in [1.165, 1.54) is 28.6 Å². The van der Waals surface area contributed by atoms with Gasteiger partial charge in [-0.1, -0.05) is 68.7 Å². The Morgan fingerprint density at radius 2 is 1.76 bits per heavy atom. The van der Waals surface area contributed by atoms with E-state index in [0.717, 1.165) is 57.3 Å². The van der Waals surface area contributed by atoms with E-state index in [4.69, 9.17) is 4.74 Å². The van der Waals surface area contributed by atoms with Gasteiger partial charge in [-0.25, -0.2) is 4.79 Å². The standard InChI is InChI=1S/C34H36N2O4S/c1-5-6-7-10-18-40-28-17-16-25(19-22(28)2)32-31(34(38)39)36-29(37)21-26(30(35(3)4)33(36)41-32)20-24-14-11-13-23-12-8-9-15-27(23)24/h8-9,11-17,19,21H,5-7,10,18,20H2,1-4H3,(H,38,39). The molecular weight excluding hydrogens is 532 g/mol. The highest BCUT2D eigenvalue weighted by molar-refractivity contribution is 7.21. The zero-order chi connectivity index (χ0) is 29.1. The van der Waals surface area contributed by atoms with Gasteiger partial charge >= 0.3 is 5.97 Å². The Labute approximate surface area is 244 Å². The molecule has 0 bridgehead atoms. The molecule has 0 atom stereocenters. The van der Waals surface area contributed by atoms with Gasteiger partial charge in [0.1, 0.15) is 10.6 Å². The van der Waals surface area contributed by atoms with Crippen LogP contribution in [-0.4, -0.2) is 36.2 Å². The second kappa shape index (κ2) is 12.2. The number of aromatic nitrogens is 1. The molecule has 7 heteroatoms. The van der Waals surface area contributed by atoms with Crippen LogP contribution >= 0.6 is 11.3 Å². The van der Waals surface area contributed by atoms with Crippen LogP contribution in [0.3, 0.4) is 0 Å². The largest absolute Gasteiger partial charge is 0.493 e. The molecule has 0 radical (unpaired) electrons. The summed E-state index contributed by atoms with van der Waals surface area (Å²) in [5.41, 5.74) is 4.16. The maximum Gasteiger partial charge on any atom is 0.354 e. The van der Waals surface area contributed by atoms with Gasteiger partial charge in [-0.2, -0.15) is 0 Å². The molecule has 2 aromatic heterocycles. The number of pyridine rings is 1. The minimum atomic E-state index is -1.13. The van der Waals surface area contributed by atoms with Crippen molar-refractivity contribution in [1.82, 2.24) is 4.40 Å². The fraction of sp³-hybridized carbons (Fsp3) is 0.294. The topological polar surface area (TPSA) is 71.2 Å². The first-order valence-corrected chi connectivity index (χ1v) is 14.9. The van der Waals surface area contributed by atoms with E-state index in [1.54, 1.807) is 6.07 Å². The number of anilines is 1. The van der Waals surface area contributed by atoms with Gasteiger partial charge in [-0.3, -0.25) is 9.20 Å². The summed E-state index contributed by atoms with van der Waals surface area (Å²) in [5, 5.41) is 12.6. The van der Waals surface area contributed by atoms with Gasteiger partial charge in [-0.05, 0) is 64.6 Å². The molecule has 0 fully saturated rings. The first-order chi connectivity index (χ1) is 19.8. The Morgan fingerprint density at radius 1 is 0.976 bits per heavy atom. The number of carboxylic acid groups (broad SMARTS) is 1. The number of thiazole rings is 1. The molecule has 1 N–H and O–H groups in total. The summed E-state index contributed by atoms with van der Waals surface area (Å²) < 4.78 is 7.37. The highest BCUT2D eigenvalue weighted by Gasteiger charge is 2.26. The number of aryl methyl sites for hydroxylation is 1. The van der Waals surface area contributed by atoms with Crippen LogP contribution in [0.15, 0.2) is 71.5 Å². The molecule has 6 nitrogen and oxygen atoms in total. The Bertz CT molecular complexity index is 1780. The molecule has 0 saturated carbocycles. The second-order valence-electron chi connectivity index (χ2n) is 10.7. The van der Waals surface area contributed by atoms with E-state index in [9.17, 15) is 14.7 Å². The molecule has 0 aliphatic rings. The number of rotatable bonds is 11. The molecule has 3 aromatic carbocycles. The number of hydrogen-bond acceptors (Lipinski definition) is 5. The third-order valence-electron chi connectivity index (χ3n) is 7.47. The van der Waals surface area contributed by atoms with Gasteiger partial charge in [0.25, 0.3) is 5.56 Å². The van der Waals surface area contributed by atoms with E-state index in [2.05, 4.69) is 31.2 Å². The molecule has 212 valence electrons. The highest BCUT2D eigenvalue weighted by atomic mass is 32.1. The Kier molecular flexibility index (Phi) is 8.45. The average molecular weight is 569 g/mol. The van der Waals surface area contributed by atoms with Crippen molar-refractivity contribution in [3.8, 4) is 16.2 Å². The van der Waals surface area contributed by atoms with Crippen LogP contribution < -0.4 is 15.2 Å². The van der Waals surface area contributed by atoms with E-state index in [-0.39, 0.29) is 11.3 Å². The Hall–Kier alpha value is -4.10. The van der Waals surface area contributed by atoms with Crippen molar-refractivity contribution in [2.45, 2.75) is 46.0 Å². The van der Waals surface area contributed by atoms with Crippen LogP contribution in [0, 0.1) is 6.92 Å². The summed E-state index contributed by atoms with van der Waals surface area (Å²) in [6.45, 7) is 4.81. The van der Waals surface area contributed by atoms with Crippen molar-refractivity contribution in [1.29, 1.82) is 0 Å². The van der Waals surface area contributed by atoms with E-state index in [0.29, 0.717) is 22.7 Å². The van der Waals surface area contributed by atoms with E-state index < -0.39 is 5.97 Å². The average Bonchev–Trinajstić information content (AvgIpc) is 3.35. The van der Waals surface area contributed by atoms with Crippen molar-refractivity contribution in [2.75, 3.05) is 25.6 Å². The lowest BCUT2D eigenvalue weighted by atomic mass is 9.98. The predicted molar refractivity (Wildman–Crippen MR) is 169 cm³/mol. The number of hydrogen-bond donors (Lipinski definition) is 1. The maximum absolute atomic E-state index is 13.6. The zero-order valence-electron chi connectivity index (χ0n) is 24.1. The molecule has 0 spiro atoms. The molecular formula is C34H36N2O4S. The zero-order valence-corrected chi connectivity index (χ0v) is 24.9. The molecule has 0 aliphatic carbocycles. The first-order valence-electron chi connectivity index (χ1n) is 14.1. The summed E-state index contributed by atoms with van der Waals surface area (Å²) in [6, 6.07) is 21.8. The van der Waals surface area contributed by atoms with Crippen LogP contribution in [-0.2, 0) is 6.42 Å². The molecule has 0 saturated heterocycles. The highest BCUT2D eigenvalue weighted by Crippen LogP contribution is 2.40. The van der Waals surface area contributed by atoms with E-state index in [1.807, 2.05) is 62.3 Å². The number of carbonyl (C=O) groups is 1. The molecule has 5 rings (SSSR count). The lowest BCUT2D eigenvalue weighted by Gasteiger charge is -2.19. The fourth-order valence-corrected chi connectivity index (χ4v) is 6.89. The second-order valence-corrected chi connectivity index (χ2v) is 11.7. The number of unbranched alkanes of at least 4 members (excludes halogenated alkanes) is 3. The number of carboxylic acids is 1. The molecule has 41 heavy (non-hydrogen) atoms. The number of ether oxygens (including phenoxy) is 1. The van der Waals surface area contributed by atoms with Gasteiger partial charge in [0.15, 0.2) is 5.69 Å². The summed E-state index contributed by atoms with van der Waals surface area (Å²) in [4.78, 5) is 29.3. The van der Waals surface area contributed by atoms with E-state index >= 15 is 0 Å². The van der Waals surface area contributed by atoms with Crippen LogP contribution in [0.1, 0.15) is 59.8 Å². The normalized spacial score (nSPS) is 11.3. The predicted octanol–water partition coefficient (Wildman–Crippen LogP) is 7.80. The van der Waals surface area contributed by atoms with Gasteiger partial charge in [0.2, 0.25) is 0 Å². The number of benzene rings is 3. The fourth-order valence-electron chi connectivity index (χ4n) is 5.49. The van der Waals surface area contributed by atoms with Crippen molar-refractivity contribution >= 4 is 38.6 Å². The number of fused-ring (bicyclic) bond motifs is 2. The summed E-state index contributed by atoms with van der Waals surface area (Å²) in [6.07, 6.45) is 5.08. The minimum Gasteiger partial charge on any atom is -0.493 e. The summed E-state index contributed by atoms with van der Waals surface area (Å²) in [7, 11) is 3.87. The molecule has 0 aliphatic heterocycles. The third kappa shape index (κ3) is 5.72. The minimum absolute atomic E-state index is 0.0116. The Morgan fingerprint density at radius 3 is 2.49 bits per heavy atom. The van der Waals surface area contributed by atoms with Crippen molar-refractivity contribution < 1.29 is 14.6 Å². The maximum atomic E-state index is 13.6. The lowest BCUT2D eigenvalue weighted by Crippen LogP contribution is -2.22. The lowest BCUT2D eigenvalue weighted by molar-refractivity contribution is 0.0690. The van der Waals surface area contributed by atoms with Gasteiger partial charge < -0.3 is 14.7 Å². The van der Waals surface area contributed by atoms with Crippen molar-refractivity contribution in [3.63, 3.8) is 0 Å². The van der Waals surface area contributed by atoms with Crippen molar-refractivity contribution in [3.05, 3.63) is 99.5 Å². The quantitative estimate of drug-likeness (QED) is 0.165. The smallest absolute Gasteiger partial charge is 0.354 e. The third-order valence-corrected chi connectivity index (χ3v) is 8.67. The van der Waals surface area contributed by atoms with Crippen LogP contribution in [0.5, 0.6) is 5.75 Å². The van der Waals surface area contributed by atoms with Gasteiger partial charge in [0, 0.05) is 26.6 Å². The molecule has 0 unspecified atom stereocenters. The number of aromatic carboxylic acids is 1. The van der Waals surface area contributed by atoms with Crippen LogP contribution in [0.2, 0.25) is 0 Å². The summed E-state index contributed by atoms with van der Waals surface area (Å²) >= 11 is 1.34. The molecule has 2 heterocycles. The number of nitrogens with zero attached hydrogens (tertiary/aromatic N) is 2. The monoisotopic (exact) mass is 568 g/mol. The first kappa shape index (κ1) is 28.4. The SMILES string of the molecule is CCCCCCOc1ccc(-c2sc3c(N(C)C)c(Cc4cccc5ccccc45)cc(=O)n3c2C(=O)O)cc1C. The van der Waals surface area contributed by atoms with Crippen LogP contribution in [0.25, 0.3) is 26.0 Å². The van der Waals surface area contributed by atoms with Gasteiger partial charge in [0.05, 0.1) is 17.2 Å².